The summed E-state index contributed by atoms with van der Waals surface area (Å²) in [5, 5.41) is 14.8. The minimum atomic E-state index is -0.477. The van der Waals surface area contributed by atoms with Crippen molar-refractivity contribution < 1.29 is 5.11 Å². The van der Waals surface area contributed by atoms with E-state index in [4.69, 9.17) is 0 Å². The molecule has 4 heteroatoms. The van der Waals surface area contributed by atoms with Gasteiger partial charge in [0, 0.05) is 38.1 Å². The first-order valence-corrected chi connectivity index (χ1v) is 6.93. The fraction of sp³-hybridized carbons (Fsp3) is 0.786. The first kappa shape index (κ1) is 13.6. The van der Waals surface area contributed by atoms with Gasteiger partial charge in [-0.25, -0.2) is 0 Å². The van der Waals surface area contributed by atoms with Crippen LogP contribution in [0.15, 0.2) is 12.3 Å². The van der Waals surface area contributed by atoms with E-state index in [9.17, 15) is 5.11 Å². The SMILES string of the molecule is CC(C)N1CCC(O)(CCc2ccnn2C)CC1. The molecule has 0 bridgehead atoms. The monoisotopic (exact) mass is 251 g/mol. The molecule has 0 aliphatic carbocycles. The molecule has 0 aromatic carbocycles. The van der Waals surface area contributed by atoms with Crippen LogP contribution in [0, 0.1) is 0 Å². The highest BCUT2D eigenvalue weighted by Gasteiger charge is 2.32. The lowest BCUT2D eigenvalue weighted by molar-refractivity contribution is -0.0337. The molecular formula is C14H25N3O. The van der Waals surface area contributed by atoms with E-state index in [1.54, 1.807) is 0 Å². The molecule has 0 atom stereocenters. The number of aromatic nitrogens is 2. The van der Waals surface area contributed by atoms with Gasteiger partial charge in [-0.1, -0.05) is 0 Å². The highest BCUT2D eigenvalue weighted by Crippen LogP contribution is 2.27. The van der Waals surface area contributed by atoms with E-state index in [-0.39, 0.29) is 0 Å². The van der Waals surface area contributed by atoms with E-state index < -0.39 is 5.60 Å². The molecule has 1 aromatic rings. The van der Waals surface area contributed by atoms with Gasteiger partial charge in [0.2, 0.25) is 0 Å². The van der Waals surface area contributed by atoms with Gasteiger partial charge in [-0.15, -0.1) is 0 Å². The molecule has 2 rings (SSSR count). The van der Waals surface area contributed by atoms with Crippen LogP contribution in [-0.4, -0.2) is 44.5 Å². The highest BCUT2D eigenvalue weighted by molar-refractivity contribution is 5.02. The predicted molar refractivity (Wildman–Crippen MR) is 72.4 cm³/mol. The largest absolute Gasteiger partial charge is 0.390 e. The molecule has 18 heavy (non-hydrogen) atoms. The van der Waals surface area contributed by atoms with E-state index in [1.807, 2.05) is 24.0 Å². The quantitative estimate of drug-likeness (QED) is 0.883. The number of nitrogens with zero attached hydrogens (tertiary/aromatic N) is 3. The second-order valence-electron chi connectivity index (χ2n) is 5.80. The molecule has 1 saturated heterocycles. The van der Waals surface area contributed by atoms with Crippen LogP contribution in [0.1, 0.15) is 38.8 Å². The zero-order valence-electron chi connectivity index (χ0n) is 11.8. The smallest absolute Gasteiger partial charge is 0.0675 e. The maximum absolute atomic E-state index is 10.6. The van der Waals surface area contributed by atoms with Crippen molar-refractivity contribution in [2.24, 2.45) is 7.05 Å². The lowest BCUT2D eigenvalue weighted by atomic mass is 9.86. The molecule has 0 unspecified atom stereocenters. The highest BCUT2D eigenvalue weighted by atomic mass is 16.3. The van der Waals surface area contributed by atoms with E-state index in [0.717, 1.165) is 38.8 Å². The molecule has 2 heterocycles. The Morgan fingerprint density at radius 3 is 2.56 bits per heavy atom. The molecule has 1 aromatic heterocycles. The van der Waals surface area contributed by atoms with Crippen LogP contribution in [0.5, 0.6) is 0 Å². The summed E-state index contributed by atoms with van der Waals surface area (Å²) < 4.78 is 1.90. The Bertz CT molecular complexity index is 378. The van der Waals surface area contributed by atoms with Crippen molar-refractivity contribution >= 4 is 0 Å². The van der Waals surface area contributed by atoms with Crippen LogP contribution in [0.25, 0.3) is 0 Å². The van der Waals surface area contributed by atoms with Crippen LogP contribution in [-0.2, 0) is 13.5 Å². The lowest BCUT2D eigenvalue weighted by Crippen LogP contribution is -2.47. The molecule has 0 radical (unpaired) electrons. The van der Waals surface area contributed by atoms with E-state index in [2.05, 4.69) is 23.8 Å². The van der Waals surface area contributed by atoms with Gasteiger partial charge in [-0.2, -0.15) is 5.10 Å². The van der Waals surface area contributed by atoms with Crippen LogP contribution in [0.2, 0.25) is 0 Å². The first-order valence-electron chi connectivity index (χ1n) is 6.93. The fourth-order valence-electron chi connectivity index (χ4n) is 2.71. The molecule has 1 fully saturated rings. The number of rotatable bonds is 4. The zero-order chi connectivity index (χ0) is 13.2. The molecule has 0 saturated carbocycles. The Morgan fingerprint density at radius 2 is 2.06 bits per heavy atom. The van der Waals surface area contributed by atoms with E-state index >= 15 is 0 Å². The fourth-order valence-corrected chi connectivity index (χ4v) is 2.71. The Hall–Kier alpha value is -0.870. The van der Waals surface area contributed by atoms with Crippen molar-refractivity contribution in [2.45, 2.75) is 51.2 Å². The average molecular weight is 251 g/mol. The Morgan fingerprint density at radius 1 is 1.39 bits per heavy atom. The number of aliphatic hydroxyl groups is 1. The van der Waals surface area contributed by atoms with Crippen LogP contribution in [0.3, 0.4) is 0 Å². The van der Waals surface area contributed by atoms with Gasteiger partial charge >= 0.3 is 0 Å². The van der Waals surface area contributed by atoms with Gasteiger partial charge in [0.1, 0.15) is 0 Å². The standard InChI is InChI=1S/C14H25N3O/c1-12(2)17-10-7-14(18,8-11-17)6-4-13-5-9-15-16(13)3/h5,9,12,18H,4,6-8,10-11H2,1-3H3. The van der Waals surface area contributed by atoms with Crippen molar-refractivity contribution in [3.05, 3.63) is 18.0 Å². The molecule has 4 nitrogen and oxygen atoms in total. The summed E-state index contributed by atoms with van der Waals surface area (Å²) in [6, 6.07) is 2.62. The van der Waals surface area contributed by atoms with Gasteiger partial charge in [0.25, 0.3) is 0 Å². The summed E-state index contributed by atoms with van der Waals surface area (Å²) in [6.45, 7) is 6.47. The van der Waals surface area contributed by atoms with Crippen molar-refractivity contribution in [2.75, 3.05) is 13.1 Å². The number of likely N-dealkylation sites (tertiary alicyclic amines) is 1. The summed E-state index contributed by atoms with van der Waals surface area (Å²) in [5.41, 5.74) is 0.727. The number of hydrogen-bond donors (Lipinski definition) is 1. The average Bonchev–Trinajstić information content (AvgIpc) is 2.73. The Labute approximate surface area is 110 Å². The predicted octanol–water partition coefficient (Wildman–Crippen LogP) is 1.59. The van der Waals surface area contributed by atoms with Gasteiger partial charge in [-0.3, -0.25) is 4.68 Å². The second kappa shape index (κ2) is 5.41. The number of piperidine rings is 1. The minimum Gasteiger partial charge on any atom is -0.390 e. The minimum absolute atomic E-state index is 0.477. The topological polar surface area (TPSA) is 41.3 Å². The van der Waals surface area contributed by atoms with Gasteiger partial charge in [0.15, 0.2) is 0 Å². The van der Waals surface area contributed by atoms with Crippen LogP contribution < -0.4 is 0 Å². The number of aryl methyl sites for hydroxylation is 2. The molecule has 1 N–H and O–H groups in total. The third kappa shape index (κ3) is 3.12. The number of hydrogen-bond acceptors (Lipinski definition) is 3. The summed E-state index contributed by atoms with van der Waals surface area (Å²) in [6.07, 6.45) is 5.36. The van der Waals surface area contributed by atoms with Crippen molar-refractivity contribution in [1.29, 1.82) is 0 Å². The van der Waals surface area contributed by atoms with Crippen molar-refractivity contribution in [3.8, 4) is 0 Å². The van der Waals surface area contributed by atoms with E-state index in [1.165, 1.54) is 5.69 Å². The molecule has 0 amide bonds. The Kier molecular flexibility index (Phi) is 4.07. The second-order valence-corrected chi connectivity index (χ2v) is 5.80. The van der Waals surface area contributed by atoms with Crippen LogP contribution in [0.4, 0.5) is 0 Å². The molecule has 1 aliphatic rings. The first-order chi connectivity index (χ1) is 8.50. The van der Waals surface area contributed by atoms with Crippen LogP contribution >= 0.6 is 0 Å². The summed E-state index contributed by atoms with van der Waals surface area (Å²) in [4.78, 5) is 2.44. The lowest BCUT2D eigenvalue weighted by Gasteiger charge is -2.40. The van der Waals surface area contributed by atoms with E-state index in [0.29, 0.717) is 6.04 Å². The van der Waals surface area contributed by atoms with Crippen molar-refractivity contribution in [1.82, 2.24) is 14.7 Å². The molecule has 0 spiro atoms. The zero-order valence-corrected chi connectivity index (χ0v) is 11.8. The molecular weight excluding hydrogens is 226 g/mol. The van der Waals surface area contributed by atoms with Gasteiger partial charge in [0.05, 0.1) is 5.60 Å². The Balaban J connectivity index is 1.85. The van der Waals surface area contributed by atoms with Crippen molar-refractivity contribution in [3.63, 3.8) is 0 Å². The third-order valence-electron chi connectivity index (χ3n) is 4.23. The van der Waals surface area contributed by atoms with Gasteiger partial charge in [-0.05, 0) is 45.6 Å². The maximum Gasteiger partial charge on any atom is 0.0675 e. The van der Waals surface area contributed by atoms with Gasteiger partial charge < -0.3 is 10.0 Å². The normalized spacial score (nSPS) is 20.5. The maximum atomic E-state index is 10.6. The molecule has 102 valence electrons. The summed E-state index contributed by atoms with van der Waals surface area (Å²) in [7, 11) is 1.96. The summed E-state index contributed by atoms with van der Waals surface area (Å²) >= 11 is 0. The summed E-state index contributed by atoms with van der Waals surface area (Å²) in [5.74, 6) is 0. The third-order valence-corrected chi connectivity index (χ3v) is 4.23. The molecule has 1 aliphatic heterocycles.